The van der Waals surface area contributed by atoms with Crippen LogP contribution in [0.3, 0.4) is 0 Å². The maximum absolute atomic E-state index is 6.41. The molecule has 0 saturated carbocycles. The Hall–Kier alpha value is -4.60. The number of halogens is 1. The summed E-state index contributed by atoms with van der Waals surface area (Å²) in [6.07, 6.45) is 0. The summed E-state index contributed by atoms with van der Waals surface area (Å²) in [7, 11) is 0. The van der Waals surface area contributed by atoms with Crippen molar-refractivity contribution in [2.75, 3.05) is 0 Å². The Labute approximate surface area is 219 Å². The number of hydrogen-bond acceptors (Lipinski definition) is 3. The molecular formula is C33H20ClN3. The third-order valence-electron chi connectivity index (χ3n) is 6.82. The van der Waals surface area contributed by atoms with Crippen molar-refractivity contribution in [1.82, 2.24) is 15.0 Å². The number of benzene rings is 6. The topological polar surface area (TPSA) is 38.7 Å². The van der Waals surface area contributed by atoms with Gasteiger partial charge in [0.25, 0.3) is 0 Å². The molecule has 7 aromatic rings. The highest BCUT2D eigenvalue weighted by molar-refractivity contribution is 6.28. The first kappa shape index (κ1) is 21.7. The van der Waals surface area contributed by atoms with Crippen molar-refractivity contribution in [1.29, 1.82) is 0 Å². The Morgan fingerprint density at radius 1 is 0.405 bits per heavy atom. The van der Waals surface area contributed by atoms with E-state index in [4.69, 9.17) is 16.6 Å². The fraction of sp³-hybridized carbons (Fsp3) is 0. The summed E-state index contributed by atoms with van der Waals surface area (Å²) < 4.78 is 0. The molecule has 7 rings (SSSR count). The minimum Gasteiger partial charge on any atom is -0.208 e. The minimum absolute atomic E-state index is 0.177. The van der Waals surface area contributed by atoms with Crippen molar-refractivity contribution >= 4 is 43.9 Å². The average molecular weight is 494 g/mol. The van der Waals surface area contributed by atoms with Gasteiger partial charge in [-0.3, -0.25) is 0 Å². The lowest BCUT2D eigenvalue weighted by atomic mass is 9.94. The van der Waals surface area contributed by atoms with E-state index < -0.39 is 0 Å². The van der Waals surface area contributed by atoms with E-state index in [1.165, 1.54) is 21.5 Å². The van der Waals surface area contributed by atoms with E-state index in [-0.39, 0.29) is 5.28 Å². The fourth-order valence-electron chi connectivity index (χ4n) is 5.04. The van der Waals surface area contributed by atoms with Gasteiger partial charge in [-0.15, -0.1) is 0 Å². The summed E-state index contributed by atoms with van der Waals surface area (Å²) in [5, 5.41) is 7.33. The van der Waals surface area contributed by atoms with Crippen molar-refractivity contribution in [2.24, 2.45) is 0 Å². The summed E-state index contributed by atoms with van der Waals surface area (Å²) in [5.74, 6) is 1.12. The van der Waals surface area contributed by atoms with E-state index in [2.05, 4.69) is 94.9 Å². The normalized spacial score (nSPS) is 11.4. The Morgan fingerprint density at radius 2 is 1.03 bits per heavy atom. The quantitative estimate of drug-likeness (QED) is 0.230. The molecule has 0 unspecified atom stereocenters. The number of hydrogen-bond donors (Lipinski definition) is 0. The van der Waals surface area contributed by atoms with E-state index in [9.17, 15) is 0 Å². The van der Waals surface area contributed by atoms with Crippen LogP contribution in [-0.2, 0) is 0 Å². The first-order valence-electron chi connectivity index (χ1n) is 12.1. The molecule has 0 radical (unpaired) electrons. The number of rotatable bonds is 3. The summed E-state index contributed by atoms with van der Waals surface area (Å²) in [6.45, 7) is 0. The lowest BCUT2D eigenvalue weighted by Gasteiger charge is -2.12. The molecule has 0 atom stereocenters. The number of fused-ring (bicyclic) bond motifs is 4. The van der Waals surface area contributed by atoms with Gasteiger partial charge in [-0.25, -0.2) is 4.98 Å². The lowest BCUT2D eigenvalue weighted by Crippen LogP contribution is -1.98. The second kappa shape index (κ2) is 8.81. The smallest absolute Gasteiger partial charge is 0.208 e. The van der Waals surface area contributed by atoms with Crippen LogP contribution in [-0.4, -0.2) is 15.0 Å². The van der Waals surface area contributed by atoms with Crippen molar-refractivity contribution in [2.45, 2.75) is 0 Å². The molecule has 174 valence electrons. The van der Waals surface area contributed by atoms with Crippen LogP contribution in [0.5, 0.6) is 0 Å². The Morgan fingerprint density at radius 3 is 1.89 bits per heavy atom. The number of nitrogens with zero attached hydrogens (tertiary/aromatic N) is 3. The van der Waals surface area contributed by atoms with Crippen LogP contribution < -0.4 is 0 Å². The van der Waals surface area contributed by atoms with Gasteiger partial charge >= 0.3 is 0 Å². The van der Waals surface area contributed by atoms with Gasteiger partial charge in [0.05, 0.1) is 0 Å². The highest BCUT2D eigenvalue weighted by Gasteiger charge is 2.14. The third kappa shape index (κ3) is 3.90. The van der Waals surface area contributed by atoms with Crippen molar-refractivity contribution in [3.8, 4) is 33.9 Å². The Kier molecular flexibility index (Phi) is 5.16. The van der Waals surface area contributed by atoms with Crippen molar-refractivity contribution in [3.63, 3.8) is 0 Å². The zero-order valence-corrected chi connectivity index (χ0v) is 20.5. The van der Waals surface area contributed by atoms with Gasteiger partial charge in [-0.05, 0) is 73.2 Å². The molecule has 0 saturated heterocycles. The van der Waals surface area contributed by atoms with Crippen LogP contribution in [0.2, 0.25) is 5.28 Å². The summed E-state index contributed by atoms with van der Waals surface area (Å²) >= 11 is 6.41. The molecule has 0 aliphatic carbocycles. The highest BCUT2D eigenvalue weighted by atomic mass is 35.5. The lowest BCUT2D eigenvalue weighted by molar-refractivity contribution is 1.07. The summed E-state index contributed by atoms with van der Waals surface area (Å²) in [4.78, 5) is 13.8. The van der Waals surface area contributed by atoms with E-state index in [0.717, 1.165) is 33.0 Å². The summed E-state index contributed by atoms with van der Waals surface area (Å²) in [6, 6.07) is 42.1. The molecule has 0 spiro atoms. The van der Waals surface area contributed by atoms with Gasteiger partial charge in [0.2, 0.25) is 5.28 Å². The van der Waals surface area contributed by atoms with Crippen LogP contribution in [0.1, 0.15) is 0 Å². The molecule has 1 aromatic heterocycles. The van der Waals surface area contributed by atoms with Crippen molar-refractivity contribution in [3.05, 3.63) is 127 Å². The molecule has 37 heavy (non-hydrogen) atoms. The molecule has 0 fully saturated rings. The predicted octanol–water partition coefficient (Wildman–Crippen LogP) is 8.99. The zero-order chi connectivity index (χ0) is 24.8. The summed E-state index contributed by atoms with van der Waals surface area (Å²) in [5.41, 5.74) is 4.06. The molecule has 1 heterocycles. The maximum atomic E-state index is 6.41. The van der Waals surface area contributed by atoms with E-state index in [1.54, 1.807) is 0 Å². The first-order chi connectivity index (χ1) is 18.2. The van der Waals surface area contributed by atoms with E-state index in [1.807, 2.05) is 36.4 Å². The van der Waals surface area contributed by atoms with Gasteiger partial charge in [-0.2, -0.15) is 9.97 Å². The van der Waals surface area contributed by atoms with Crippen LogP contribution in [0.4, 0.5) is 0 Å². The largest absolute Gasteiger partial charge is 0.226 e. The van der Waals surface area contributed by atoms with Crippen LogP contribution >= 0.6 is 11.6 Å². The van der Waals surface area contributed by atoms with Crippen LogP contribution in [0.25, 0.3) is 66.2 Å². The molecule has 0 bridgehead atoms. The highest BCUT2D eigenvalue weighted by Crippen LogP contribution is 2.36. The predicted molar refractivity (Wildman–Crippen MR) is 154 cm³/mol. The van der Waals surface area contributed by atoms with Gasteiger partial charge in [0.15, 0.2) is 11.6 Å². The van der Waals surface area contributed by atoms with Crippen molar-refractivity contribution < 1.29 is 0 Å². The monoisotopic (exact) mass is 493 g/mol. The Balaban J connectivity index is 1.43. The molecular weight excluding hydrogens is 474 g/mol. The minimum atomic E-state index is 0.177. The fourth-order valence-corrected chi connectivity index (χ4v) is 5.20. The molecule has 4 heteroatoms. The van der Waals surface area contributed by atoms with E-state index in [0.29, 0.717) is 11.6 Å². The second-order valence-electron chi connectivity index (χ2n) is 9.09. The molecule has 0 aliphatic rings. The SMILES string of the molecule is Clc1nc(-c2ccccc2)nc(-c2cc(-c3ccc4c(ccc5ccccc54)c3)cc3ccccc23)n1. The van der Waals surface area contributed by atoms with Gasteiger partial charge in [0.1, 0.15) is 0 Å². The number of aromatic nitrogens is 3. The standard InChI is InChI=1S/C33H20ClN3/c34-33-36-31(22-9-2-1-3-10-22)35-32(37-33)30-20-26(19-24-11-5-7-13-28(24)30)23-16-17-29-25(18-23)15-14-21-8-4-6-12-27(21)29/h1-20H. The molecule has 6 aromatic carbocycles. The van der Waals surface area contributed by atoms with Crippen LogP contribution in [0, 0.1) is 0 Å². The van der Waals surface area contributed by atoms with Crippen LogP contribution in [0.15, 0.2) is 121 Å². The Bertz CT molecular complexity index is 1950. The van der Waals surface area contributed by atoms with E-state index >= 15 is 0 Å². The zero-order valence-electron chi connectivity index (χ0n) is 19.8. The third-order valence-corrected chi connectivity index (χ3v) is 6.99. The second-order valence-corrected chi connectivity index (χ2v) is 9.42. The molecule has 0 N–H and O–H groups in total. The first-order valence-corrected chi connectivity index (χ1v) is 12.5. The van der Waals surface area contributed by atoms with Gasteiger partial charge in [0, 0.05) is 11.1 Å². The molecule has 0 amide bonds. The maximum Gasteiger partial charge on any atom is 0.226 e. The molecule has 0 aliphatic heterocycles. The van der Waals surface area contributed by atoms with Gasteiger partial charge in [-0.1, -0.05) is 103 Å². The average Bonchev–Trinajstić information content (AvgIpc) is 2.96. The molecule has 3 nitrogen and oxygen atoms in total. The van der Waals surface area contributed by atoms with Gasteiger partial charge < -0.3 is 0 Å².